The van der Waals surface area contributed by atoms with E-state index in [0.717, 1.165) is 18.5 Å². The first-order valence-electron chi connectivity index (χ1n) is 3.90. The van der Waals surface area contributed by atoms with Gasteiger partial charge < -0.3 is 10.2 Å². The molecule has 0 saturated heterocycles. The molecule has 0 aliphatic carbocycles. The summed E-state index contributed by atoms with van der Waals surface area (Å²) in [4.78, 5) is 1.88. The number of benzene rings is 1. The number of nitrogens with one attached hydrogen (secondary N) is 1. The van der Waals surface area contributed by atoms with Crippen molar-refractivity contribution in [3.8, 4) is 11.5 Å². The van der Waals surface area contributed by atoms with E-state index < -0.39 is 10.0 Å². The third-order valence-electron chi connectivity index (χ3n) is 1.44. The number of hydrazone groups is 1. The molecule has 1 rings (SSSR count). The lowest BCUT2D eigenvalue weighted by Crippen LogP contribution is -2.15. The number of rotatable bonds is 3. The van der Waals surface area contributed by atoms with Crippen molar-refractivity contribution in [2.45, 2.75) is 0 Å². The molecular formula is C8H10N2O4S. The quantitative estimate of drug-likeness (QED) is 0.502. The molecule has 7 heteroatoms. The third kappa shape index (κ3) is 3.86. The average molecular weight is 230 g/mol. The number of hydrogen-bond acceptors (Lipinski definition) is 5. The number of aromatic hydroxyl groups is 2. The van der Waals surface area contributed by atoms with Gasteiger partial charge >= 0.3 is 0 Å². The Bertz CT molecular complexity index is 481. The Labute approximate surface area is 86.9 Å². The molecule has 0 saturated carbocycles. The molecule has 0 aliphatic heterocycles. The van der Waals surface area contributed by atoms with Crippen molar-refractivity contribution < 1.29 is 18.6 Å². The fourth-order valence-electron chi connectivity index (χ4n) is 0.833. The van der Waals surface area contributed by atoms with Crippen LogP contribution in [0.25, 0.3) is 0 Å². The molecule has 1 aromatic rings. The maximum absolute atomic E-state index is 10.6. The number of sulfonamides is 1. The lowest BCUT2D eigenvalue weighted by atomic mass is 10.2. The molecule has 15 heavy (non-hydrogen) atoms. The van der Waals surface area contributed by atoms with Gasteiger partial charge in [0.15, 0.2) is 0 Å². The summed E-state index contributed by atoms with van der Waals surface area (Å²) >= 11 is 0. The van der Waals surface area contributed by atoms with Gasteiger partial charge in [-0.05, 0) is 12.1 Å². The van der Waals surface area contributed by atoms with Crippen LogP contribution in [0.15, 0.2) is 23.3 Å². The SMILES string of the molecule is CS(=O)(=O)N/N=C\c1ccc(O)cc1O. The van der Waals surface area contributed by atoms with Crippen LogP contribution in [-0.2, 0) is 10.0 Å². The van der Waals surface area contributed by atoms with E-state index in [0.29, 0.717) is 5.56 Å². The van der Waals surface area contributed by atoms with E-state index in [4.69, 9.17) is 5.11 Å². The summed E-state index contributed by atoms with van der Waals surface area (Å²) in [6.07, 6.45) is 2.09. The molecule has 0 unspecified atom stereocenters. The van der Waals surface area contributed by atoms with Gasteiger partial charge in [0.1, 0.15) is 11.5 Å². The number of hydrogen-bond donors (Lipinski definition) is 3. The second kappa shape index (κ2) is 4.18. The molecule has 0 fully saturated rings. The summed E-state index contributed by atoms with van der Waals surface area (Å²) in [5, 5.41) is 21.7. The highest BCUT2D eigenvalue weighted by atomic mass is 32.2. The van der Waals surface area contributed by atoms with Crippen LogP contribution >= 0.6 is 0 Å². The first-order chi connectivity index (χ1) is 6.88. The minimum absolute atomic E-state index is 0.0827. The minimum Gasteiger partial charge on any atom is -0.508 e. The zero-order valence-electron chi connectivity index (χ0n) is 7.88. The fourth-order valence-corrected chi connectivity index (χ4v) is 1.08. The Morgan fingerprint density at radius 1 is 1.40 bits per heavy atom. The van der Waals surface area contributed by atoms with Crippen LogP contribution in [0.1, 0.15) is 5.56 Å². The van der Waals surface area contributed by atoms with Gasteiger partial charge in [-0.3, -0.25) is 0 Å². The van der Waals surface area contributed by atoms with Crippen LogP contribution in [0, 0.1) is 0 Å². The van der Waals surface area contributed by atoms with E-state index in [-0.39, 0.29) is 11.5 Å². The van der Waals surface area contributed by atoms with Gasteiger partial charge in [-0.2, -0.15) is 5.10 Å². The van der Waals surface area contributed by atoms with E-state index >= 15 is 0 Å². The molecular weight excluding hydrogens is 220 g/mol. The summed E-state index contributed by atoms with van der Waals surface area (Å²) in [7, 11) is -3.39. The van der Waals surface area contributed by atoms with Crippen molar-refractivity contribution in [1.29, 1.82) is 0 Å². The zero-order valence-corrected chi connectivity index (χ0v) is 8.69. The number of phenols is 2. The Balaban J connectivity index is 2.82. The van der Waals surface area contributed by atoms with E-state index in [9.17, 15) is 13.5 Å². The monoisotopic (exact) mass is 230 g/mol. The summed E-state index contributed by atoms with van der Waals surface area (Å²) in [6, 6.07) is 3.88. The lowest BCUT2D eigenvalue weighted by molar-refractivity contribution is 0.450. The van der Waals surface area contributed by atoms with Crippen molar-refractivity contribution in [1.82, 2.24) is 4.83 Å². The highest BCUT2D eigenvalue weighted by Crippen LogP contribution is 2.20. The van der Waals surface area contributed by atoms with Crippen LogP contribution in [-0.4, -0.2) is 31.1 Å². The number of phenolic OH excluding ortho intramolecular Hbond substituents is 2. The molecule has 1 aromatic carbocycles. The van der Waals surface area contributed by atoms with Gasteiger partial charge in [0.2, 0.25) is 10.0 Å². The molecule has 0 aromatic heterocycles. The molecule has 0 spiro atoms. The second-order valence-electron chi connectivity index (χ2n) is 2.86. The Morgan fingerprint density at radius 3 is 2.60 bits per heavy atom. The van der Waals surface area contributed by atoms with Crippen molar-refractivity contribution in [2.24, 2.45) is 5.10 Å². The zero-order chi connectivity index (χ0) is 11.5. The average Bonchev–Trinajstić information content (AvgIpc) is 2.07. The van der Waals surface area contributed by atoms with Crippen LogP contribution in [0.2, 0.25) is 0 Å². The maximum Gasteiger partial charge on any atom is 0.244 e. The Hall–Kier alpha value is -1.76. The Morgan fingerprint density at radius 2 is 2.07 bits per heavy atom. The standard InChI is InChI=1S/C8H10N2O4S/c1-15(13,14)10-9-5-6-2-3-7(11)4-8(6)12/h2-5,10-12H,1H3/b9-5-. The molecule has 0 amide bonds. The molecule has 82 valence electrons. The van der Waals surface area contributed by atoms with Crippen LogP contribution < -0.4 is 4.83 Å². The van der Waals surface area contributed by atoms with Gasteiger partial charge in [-0.15, -0.1) is 0 Å². The van der Waals surface area contributed by atoms with E-state index in [2.05, 4.69) is 5.10 Å². The van der Waals surface area contributed by atoms with Crippen molar-refractivity contribution in [3.05, 3.63) is 23.8 Å². The topological polar surface area (TPSA) is 99.0 Å². The molecule has 0 heterocycles. The van der Waals surface area contributed by atoms with Gasteiger partial charge in [0.25, 0.3) is 0 Å². The lowest BCUT2D eigenvalue weighted by Gasteiger charge is -1.99. The molecule has 0 aliphatic rings. The first kappa shape index (κ1) is 11.3. The van der Waals surface area contributed by atoms with Crippen molar-refractivity contribution >= 4 is 16.2 Å². The van der Waals surface area contributed by atoms with Crippen LogP contribution in [0.5, 0.6) is 11.5 Å². The summed E-state index contributed by atoms with van der Waals surface area (Å²) < 4.78 is 21.3. The molecule has 0 radical (unpaired) electrons. The van der Waals surface area contributed by atoms with Gasteiger partial charge in [-0.1, -0.05) is 0 Å². The molecule has 6 nitrogen and oxygen atoms in total. The highest BCUT2D eigenvalue weighted by molar-refractivity contribution is 7.88. The van der Waals surface area contributed by atoms with Crippen molar-refractivity contribution in [3.63, 3.8) is 0 Å². The van der Waals surface area contributed by atoms with E-state index in [1.54, 1.807) is 0 Å². The van der Waals surface area contributed by atoms with E-state index in [1.165, 1.54) is 12.1 Å². The molecule has 0 bridgehead atoms. The largest absolute Gasteiger partial charge is 0.508 e. The van der Waals surface area contributed by atoms with Crippen LogP contribution in [0.3, 0.4) is 0 Å². The van der Waals surface area contributed by atoms with Crippen LogP contribution in [0.4, 0.5) is 0 Å². The summed E-state index contributed by atoms with van der Waals surface area (Å²) in [5.41, 5.74) is 0.295. The highest BCUT2D eigenvalue weighted by Gasteiger charge is 2.00. The van der Waals surface area contributed by atoms with Gasteiger partial charge in [-0.25, -0.2) is 13.2 Å². The first-order valence-corrected chi connectivity index (χ1v) is 5.79. The summed E-state index contributed by atoms with van der Waals surface area (Å²) in [6.45, 7) is 0. The normalized spacial score (nSPS) is 11.8. The second-order valence-corrected chi connectivity index (χ2v) is 4.59. The molecule has 0 atom stereocenters. The number of nitrogens with zero attached hydrogens (tertiary/aromatic N) is 1. The smallest absolute Gasteiger partial charge is 0.244 e. The molecule has 3 N–H and O–H groups in total. The van der Waals surface area contributed by atoms with Gasteiger partial charge in [0, 0.05) is 11.6 Å². The third-order valence-corrected chi connectivity index (χ3v) is 1.87. The van der Waals surface area contributed by atoms with Gasteiger partial charge in [0.05, 0.1) is 12.5 Å². The maximum atomic E-state index is 10.6. The predicted octanol–water partition coefficient (Wildman–Crippen LogP) is -0.0191. The summed E-state index contributed by atoms with van der Waals surface area (Å²) in [5.74, 6) is -0.269. The Kier molecular flexibility index (Phi) is 3.15. The van der Waals surface area contributed by atoms with Crippen molar-refractivity contribution in [2.75, 3.05) is 6.26 Å². The van der Waals surface area contributed by atoms with E-state index in [1.807, 2.05) is 4.83 Å². The fraction of sp³-hybridized carbons (Fsp3) is 0.125. The predicted molar refractivity (Wildman–Crippen MR) is 55.3 cm³/mol. The minimum atomic E-state index is -3.39.